The number of nitrogens with one attached hydrogen (secondary N) is 1. The Hall–Kier alpha value is -2.69. The summed E-state index contributed by atoms with van der Waals surface area (Å²) in [6.07, 6.45) is 3.06. The van der Waals surface area contributed by atoms with Crippen molar-refractivity contribution in [2.24, 2.45) is 5.92 Å². The molecule has 0 aliphatic rings. The van der Waals surface area contributed by atoms with Gasteiger partial charge in [0.15, 0.2) is 11.5 Å². The fourth-order valence-corrected chi connectivity index (χ4v) is 2.69. The van der Waals surface area contributed by atoms with Crippen LogP contribution in [0.3, 0.4) is 0 Å². The quantitative estimate of drug-likeness (QED) is 0.497. The van der Waals surface area contributed by atoms with E-state index >= 15 is 0 Å². The summed E-state index contributed by atoms with van der Waals surface area (Å²) in [6.45, 7) is 8.17. The lowest BCUT2D eigenvalue weighted by atomic mass is 10.1. The molecule has 5 heteroatoms. The van der Waals surface area contributed by atoms with E-state index in [0.29, 0.717) is 37.0 Å². The van der Waals surface area contributed by atoms with Gasteiger partial charge in [-0.2, -0.15) is 0 Å². The standard InChI is InChI=1S/C24H33NO4/c1-5-6-13-28-21-9-7-8-20(16-21)24(26)25-17-19-10-11-22(23(15-19)27-4)29-14-12-18(2)3/h7-11,15-16,18H,5-6,12-14,17H2,1-4H3,(H,25,26). The van der Waals surface area contributed by atoms with Gasteiger partial charge in [-0.3, -0.25) is 4.79 Å². The van der Waals surface area contributed by atoms with Gasteiger partial charge < -0.3 is 19.5 Å². The van der Waals surface area contributed by atoms with Gasteiger partial charge in [-0.1, -0.05) is 39.3 Å². The van der Waals surface area contributed by atoms with Crippen molar-refractivity contribution in [3.05, 3.63) is 53.6 Å². The molecule has 0 saturated heterocycles. The molecule has 0 aliphatic heterocycles. The van der Waals surface area contributed by atoms with E-state index in [0.717, 1.165) is 36.3 Å². The number of carbonyl (C=O) groups excluding carboxylic acids is 1. The molecule has 0 saturated carbocycles. The molecule has 0 aromatic heterocycles. The van der Waals surface area contributed by atoms with Crippen LogP contribution < -0.4 is 19.5 Å². The third kappa shape index (κ3) is 7.68. The molecule has 0 spiro atoms. The van der Waals surface area contributed by atoms with Crippen LogP contribution in [0.2, 0.25) is 0 Å². The van der Waals surface area contributed by atoms with E-state index in [-0.39, 0.29) is 5.91 Å². The number of carbonyl (C=O) groups is 1. The van der Waals surface area contributed by atoms with Gasteiger partial charge in [0.2, 0.25) is 0 Å². The fraction of sp³-hybridized carbons (Fsp3) is 0.458. The average molecular weight is 400 g/mol. The molecule has 2 aromatic carbocycles. The lowest BCUT2D eigenvalue weighted by Crippen LogP contribution is -2.22. The molecule has 158 valence electrons. The third-order valence-electron chi connectivity index (χ3n) is 4.50. The molecular formula is C24H33NO4. The number of hydrogen-bond donors (Lipinski definition) is 1. The summed E-state index contributed by atoms with van der Waals surface area (Å²) in [5.74, 6) is 2.57. The van der Waals surface area contributed by atoms with Crippen molar-refractivity contribution in [2.45, 2.75) is 46.6 Å². The minimum atomic E-state index is -0.137. The highest BCUT2D eigenvalue weighted by Crippen LogP contribution is 2.28. The number of amides is 1. The predicted octanol–water partition coefficient (Wildman–Crippen LogP) is 5.23. The molecule has 0 fully saturated rings. The minimum Gasteiger partial charge on any atom is -0.494 e. The van der Waals surface area contributed by atoms with Crippen molar-refractivity contribution in [1.82, 2.24) is 5.32 Å². The number of methoxy groups -OCH3 is 1. The molecule has 0 radical (unpaired) electrons. The first kappa shape index (κ1) is 22.6. The van der Waals surface area contributed by atoms with Gasteiger partial charge in [-0.25, -0.2) is 0 Å². The summed E-state index contributed by atoms with van der Waals surface area (Å²) >= 11 is 0. The number of unbranched alkanes of at least 4 members (excludes halogenated alkanes) is 1. The molecule has 0 bridgehead atoms. The monoisotopic (exact) mass is 399 g/mol. The summed E-state index contributed by atoms with van der Waals surface area (Å²) in [5, 5.41) is 2.95. The van der Waals surface area contributed by atoms with Gasteiger partial charge in [0.1, 0.15) is 5.75 Å². The Kier molecular flexibility index (Phi) is 9.35. The first-order valence-electron chi connectivity index (χ1n) is 10.3. The highest BCUT2D eigenvalue weighted by molar-refractivity contribution is 5.94. The van der Waals surface area contributed by atoms with Crippen LogP contribution in [0, 0.1) is 5.92 Å². The number of hydrogen-bond acceptors (Lipinski definition) is 4. The Balaban J connectivity index is 1.93. The predicted molar refractivity (Wildman–Crippen MR) is 116 cm³/mol. The minimum absolute atomic E-state index is 0.137. The van der Waals surface area contributed by atoms with Crippen LogP contribution in [0.15, 0.2) is 42.5 Å². The third-order valence-corrected chi connectivity index (χ3v) is 4.50. The molecule has 0 atom stereocenters. The number of benzene rings is 2. The van der Waals surface area contributed by atoms with Crippen molar-refractivity contribution in [3.8, 4) is 17.2 Å². The highest BCUT2D eigenvalue weighted by Gasteiger charge is 2.10. The number of rotatable bonds is 12. The largest absolute Gasteiger partial charge is 0.494 e. The SMILES string of the molecule is CCCCOc1cccc(C(=O)NCc2ccc(OCCC(C)C)c(OC)c2)c1. The van der Waals surface area contributed by atoms with Crippen molar-refractivity contribution < 1.29 is 19.0 Å². The summed E-state index contributed by atoms with van der Waals surface area (Å²) in [5.41, 5.74) is 1.53. The van der Waals surface area contributed by atoms with Gasteiger partial charge in [-0.15, -0.1) is 0 Å². The van der Waals surface area contributed by atoms with Crippen LogP contribution in [0.5, 0.6) is 17.2 Å². The van der Waals surface area contributed by atoms with E-state index in [9.17, 15) is 4.79 Å². The zero-order valence-corrected chi connectivity index (χ0v) is 18.0. The summed E-state index contributed by atoms with van der Waals surface area (Å²) < 4.78 is 16.9. The van der Waals surface area contributed by atoms with E-state index in [1.54, 1.807) is 19.2 Å². The van der Waals surface area contributed by atoms with E-state index in [1.165, 1.54) is 0 Å². The van der Waals surface area contributed by atoms with Crippen LogP contribution in [-0.4, -0.2) is 26.2 Å². The number of ether oxygens (including phenoxy) is 3. The second-order valence-electron chi connectivity index (χ2n) is 7.43. The Bertz CT molecular complexity index is 773. The smallest absolute Gasteiger partial charge is 0.251 e. The first-order chi connectivity index (χ1) is 14.0. The van der Waals surface area contributed by atoms with Crippen LogP contribution in [0.25, 0.3) is 0 Å². The maximum atomic E-state index is 12.5. The second kappa shape index (κ2) is 12.0. The van der Waals surface area contributed by atoms with Crippen molar-refractivity contribution >= 4 is 5.91 Å². The molecule has 5 nitrogen and oxygen atoms in total. The normalized spacial score (nSPS) is 10.7. The summed E-state index contributed by atoms with van der Waals surface area (Å²) in [4.78, 5) is 12.5. The zero-order chi connectivity index (χ0) is 21.1. The summed E-state index contributed by atoms with van der Waals surface area (Å²) in [6, 6.07) is 13.0. The molecule has 1 amide bonds. The lowest BCUT2D eigenvalue weighted by Gasteiger charge is -2.13. The first-order valence-corrected chi connectivity index (χ1v) is 10.3. The van der Waals surface area contributed by atoms with Crippen LogP contribution in [-0.2, 0) is 6.54 Å². The van der Waals surface area contributed by atoms with Crippen molar-refractivity contribution in [3.63, 3.8) is 0 Å². The van der Waals surface area contributed by atoms with E-state index < -0.39 is 0 Å². The van der Waals surface area contributed by atoms with Gasteiger partial charge in [0, 0.05) is 12.1 Å². The van der Waals surface area contributed by atoms with Gasteiger partial charge in [-0.05, 0) is 54.7 Å². The topological polar surface area (TPSA) is 56.8 Å². The highest BCUT2D eigenvalue weighted by atomic mass is 16.5. The molecule has 1 N–H and O–H groups in total. The van der Waals surface area contributed by atoms with Gasteiger partial charge in [0.25, 0.3) is 5.91 Å². The van der Waals surface area contributed by atoms with Crippen molar-refractivity contribution in [2.75, 3.05) is 20.3 Å². The molecule has 0 heterocycles. The van der Waals surface area contributed by atoms with Gasteiger partial charge in [0.05, 0.1) is 20.3 Å². The summed E-state index contributed by atoms with van der Waals surface area (Å²) in [7, 11) is 1.62. The second-order valence-corrected chi connectivity index (χ2v) is 7.43. The Morgan fingerprint density at radius 3 is 2.59 bits per heavy atom. The van der Waals surface area contributed by atoms with Crippen LogP contribution >= 0.6 is 0 Å². The molecule has 2 aromatic rings. The average Bonchev–Trinajstić information content (AvgIpc) is 2.72. The fourth-order valence-electron chi connectivity index (χ4n) is 2.69. The Labute approximate surface area is 174 Å². The lowest BCUT2D eigenvalue weighted by molar-refractivity contribution is 0.0950. The molecule has 0 aliphatic carbocycles. The van der Waals surface area contributed by atoms with Crippen molar-refractivity contribution in [1.29, 1.82) is 0 Å². The maximum Gasteiger partial charge on any atom is 0.251 e. The molecule has 29 heavy (non-hydrogen) atoms. The van der Waals surface area contributed by atoms with Crippen LogP contribution in [0.1, 0.15) is 56.0 Å². The molecule has 2 rings (SSSR count). The molecular weight excluding hydrogens is 366 g/mol. The van der Waals surface area contributed by atoms with Gasteiger partial charge >= 0.3 is 0 Å². The van der Waals surface area contributed by atoms with E-state index in [4.69, 9.17) is 14.2 Å². The zero-order valence-electron chi connectivity index (χ0n) is 18.0. The van der Waals surface area contributed by atoms with Crippen LogP contribution in [0.4, 0.5) is 0 Å². The Morgan fingerprint density at radius 1 is 1.03 bits per heavy atom. The Morgan fingerprint density at radius 2 is 1.86 bits per heavy atom. The maximum absolute atomic E-state index is 12.5. The van der Waals surface area contributed by atoms with E-state index in [2.05, 4.69) is 26.1 Å². The molecule has 0 unspecified atom stereocenters. The van der Waals surface area contributed by atoms with E-state index in [1.807, 2.05) is 30.3 Å².